The second-order valence-corrected chi connectivity index (χ2v) is 5.92. The van der Waals surface area contributed by atoms with Gasteiger partial charge >= 0.3 is 5.97 Å². The standard InChI is InChI=1S/C20H17N3O2/c24-20(25)15-9-11-16(12-10-15)21-19-18(14-6-2-1-3-7-14)22-17-8-4-5-13-23(17)19/h1-13,18-19,21H,(H,24,25). The number of nitrogens with one attached hydrogen (secondary N) is 1. The minimum Gasteiger partial charge on any atom is -0.478 e. The van der Waals surface area contributed by atoms with Gasteiger partial charge in [0.1, 0.15) is 18.0 Å². The van der Waals surface area contributed by atoms with Gasteiger partial charge in [0.15, 0.2) is 0 Å². The van der Waals surface area contributed by atoms with Gasteiger partial charge in [0.25, 0.3) is 0 Å². The number of rotatable bonds is 4. The number of amidine groups is 1. The first kappa shape index (κ1) is 15.2. The van der Waals surface area contributed by atoms with Crippen LogP contribution in [-0.4, -0.2) is 28.0 Å². The third-order valence-corrected chi connectivity index (χ3v) is 4.33. The molecule has 0 saturated heterocycles. The van der Waals surface area contributed by atoms with Crippen molar-refractivity contribution >= 4 is 17.5 Å². The Hall–Kier alpha value is -3.34. The molecule has 0 radical (unpaired) electrons. The van der Waals surface area contributed by atoms with E-state index >= 15 is 0 Å². The average molecular weight is 331 g/mol. The lowest BCUT2D eigenvalue weighted by molar-refractivity contribution is 0.0697. The minimum atomic E-state index is -0.927. The Labute approximate surface area is 145 Å². The fourth-order valence-electron chi connectivity index (χ4n) is 3.09. The molecule has 25 heavy (non-hydrogen) atoms. The number of aromatic carboxylic acids is 1. The van der Waals surface area contributed by atoms with Crippen LogP contribution in [0, 0.1) is 0 Å². The molecule has 124 valence electrons. The Morgan fingerprint density at radius 3 is 2.52 bits per heavy atom. The predicted octanol–water partition coefficient (Wildman–Crippen LogP) is 3.66. The van der Waals surface area contributed by atoms with Crippen molar-refractivity contribution < 1.29 is 9.90 Å². The quantitative estimate of drug-likeness (QED) is 0.897. The summed E-state index contributed by atoms with van der Waals surface area (Å²) < 4.78 is 0. The van der Waals surface area contributed by atoms with Gasteiger partial charge in [0, 0.05) is 11.9 Å². The van der Waals surface area contributed by atoms with E-state index in [9.17, 15) is 4.79 Å². The van der Waals surface area contributed by atoms with Crippen LogP contribution in [0.25, 0.3) is 0 Å². The van der Waals surface area contributed by atoms with Crippen LogP contribution < -0.4 is 5.32 Å². The van der Waals surface area contributed by atoms with E-state index in [1.54, 1.807) is 24.3 Å². The molecule has 2 aromatic rings. The molecule has 4 rings (SSSR count). The zero-order valence-corrected chi connectivity index (χ0v) is 13.4. The average Bonchev–Trinajstić information content (AvgIpc) is 3.02. The van der Waals surface area contributed by atoms with Crippen molar-refractivity contribution in [3.8, 4) is 0 Å². The van der Waals surface area contributed by atoms with Crippen molar-refractivity contribution in [1.29, 1.82) is 0 Å². The Balaban J connectivity index is 1.64. The highest BCUT2D eigenvalue weighted by Crippen LogP contribution is 2.33. The molecular weight excluding hydrogens is 314 g/mol. The molecule has 2 heterocycles. The zero-order valence-electron chi connectivity index (χ0n) is 13.4. The molecule has 2 aromatic carbocycles. The smallest absolute Gasteiger partial charge is 0.335 e. The van der Waals surface area contributed by atoms with Crippen molar-refractivity contribution in [2.45, 2.75) is 12.2 Å². The topological polar surface area (TPSA) is 64.9 Å². The summed E-state index contributed by atoms with van der Waals surface area (Å²) in [6.07, 6.45) is 7.88. The lowest BCUT2D eigenvalue weighted by Gasteiger charge is -2.29. The van der Waals surface area contributed by atoms with Gasteiger partial charge < -0.3 is 15.3 Å². The predicted molar refractivity (Wildman–Crippen MR) is 97.5 cm³/mol. The number of carbonyl (C=O) groups is 1. The summed E-state index contributed by atoms with van der Waals surface area (Å²) >= 11 is 0. The second kappa shape index (κ2) is 6.28. The summed E-state index contributed by atoms with van der Waals surface area (Å²) in [7, 11) is 0. The lowest BCUT2D eigenvalue weighted by Crippen LogP contribution is -2.39. The fraction of sp³-hybridized carbons (Fsp3) is 0.100. The van der Waals surface area contributed by atoms with Crippen LogP contribution in [0.5, 0.6) is 0 Å². The molecule has 0 spiro atoms. The van der Waals surface area contributed by atoms with Gasteiger partial charge in [-0.25, -0.2) is 4.79 Å². The van der Waals surface area contributed by atoms with E-state index in [1.165, 1.54) is 0 Å². The van der Waals surface area contributed by atoms with Gasteiger partial charge in [-0.1, -0.05) is 36.4 Å². The number of anilines is 1. The van der Waals surface area contributed by atoms with Crippen LogP contribution in [0.15, 0.2) is 84.0 Å². The van der Waals surface area contributed by atoms with E-state index in [0.29, 0.717) is 0 Å². The molecule has 2 N–H and O–H groups in total. The highest BCUT2D eigenvalue weighted by atomic mass is 16.4. The van der Waals surface area contributed by atoms with Crippen LogP contribution in [0.2, 0.25) is 0 Å². The normalized spacial score (nSPS) is 21.0. The first-order chi connectivity index (χ1) is 12.2. The molecule has 0 bridgehead atoms. The van der Waals surface area contributed by atoms with Crippen LogP contribution in [0.3, 0.4) is 0 Å². The molecule has 2 atom stereocenters. The molecule has 0 fully saturated rings. The molecule has 0 amide bonds. The van der Waals surface area contributed by atoms with Gasteiger partial charge in [-0.2, -0.15) is 0 Å². The van der Waals surface area contributed by atoms with Crippen molar-refractivity contribution in [3.63, 3.8) is 0 Å². The highest BCUT2D eigenvalue weighted by Gasteiger charge is 2.35. The zero-order chi connectivity index (χ0) is 17.2. The number of allylic oxidation sites excluding steroid dienone is 2. The number of carboxylic acid groups (broad SMARTS) is 1. The number of benzene rings is 2. The number of hydrogen-bond donors (Lipinski definition) is 2. The Bertz CT molecular complexity index is 870. The molecule has 2 aliphatic rings. The maximum absolute atomic E-state index is 11.0. The molecular formula is C20H17N3O2. The number of fused-ring (bicyclic) bond motifs is 1. The van der Waals surface area contributed by atoms with Crippen LogP contribution in [-0.2, 0) is 0 Å². The monoisotopic (exact) mass is 331 g/mol. The van der Waals surface area contributed by atoms with Gasteiger partial charge in [0.2, 0.25) is 0 Å². The third-order valence-electron chi connectivity index (χ3n) is 4.33. The van der Waals surface area contributed by atoms with Crippen LogP contribution >= 0.6 is 0 Å². The van der Waals surface area contributed by atoms with Crippen LogP contribution in [0.1, 0.15) is 22.0 Å². The maximum atomic E-state index is 11.0. The van der Waals surface area contributed by atoms with E-state index in [-0.39, 0.29) is 17.8 Å². The molecule has 2 unspecified atom stereocenters. The van der Waals surface area contributed by atoms with Crippen molar-refractivity contribution in [3.05, 3.63) is 90.2 Å². The molecule has 2 aliphatic heterocycles. The number of carboxylic acids is 1. The molecule has 5 nitrogen and oxygen atoms in total. The van der Waals surface area contributed by atoms with Gasteiger partial charge in [-0.05, 0) is 42.0 Å². The van der Waals surface area contributed by atoms with E-state index in [0.717, 1.165) is 17.1 Å². The van der Waals surface area contributed by atoms with Crippen molar-refractivity contribution in [2.75, 3.05) is 5.32 Å². The van der Waals surface area contributed by atoms with E-state index < -0.39 is 5.97 Å². The highest BCUT2D eigenvalue weighted by molar-refractivity contribution is 5.97. The largest absolute Gasteiger partial charge is 0.478 e. The van der Waals surface area contributed by atoms with E-state index in [4.69, 9.17) is 10.1 Å². The Morgan fingerprint density at radius 2 is 1.80 bits per heavy atom. The van der Waals surface area contributed by atoms with Crippen molar-refractivity contribution in [2.24, 2.45) is 4.99 Å². The molecule has 0 saturated carbocycles. The molecule has 0 aliphatic carbocycles. The number of aliphatic imine (C=N–C) groups is 1. The third kappa shape index (κ3) is 2.92. The van der Waals surface area contributed by atoms with Crippen LogP contribution in [0.4, 0.5) is 5.69 Å². The molecule has 0 aromatic heterocycles. The van der Waals surface area contributed by atoms with E-state index in [2.05, 4.69) is 22.3 Å². The summed E-state index contributed by atoms with van der Waals surface area (Å²) in [6, 6.07) is 16.9. The van der Waals surface area contributed by atoms with Gasteiger partial charge in [0.05, 0.1) is 5.56 Å². The van der Waals surface area contributed by atoms with E-state index in [1.807, 2.05) is 42.6 Å². The lowest BCUT2D eigenvalue weighted by atomic mass is 10.0. The van der Waals surface area contributed by atoms with Gasteiger partial charge in [-0.15, -0.1) is 0 Å². The summed E-state index contributed by atoms with van der Waals surface area (Å²) in [4.78, 5) is 18.0. The summed E-state index contributed by atoms with van der Waals surface area (Å²) in [6.45, 7) is 0. The number of hydrogen-bond acceptors (Lipinski definition) is 4. The summed E-state index contributed by atoms with van der Waals surface area (Å²) in [5, 5.41) is 12.5. The second-order valence-electron chi connectivity index (χ2n) is 5.92. The maximum Gasteiger partial charge on any atom is 0.335 e. The minimum absolute atomic E-state index is 0.0530. The van der Waals surface area contributed by atoms with Crippen molar-refractivity contribution in [1.82, 2.24) is 4.90 Å². The summed E-state index contributed by atoms with van der Waals surface area (Å²) in [5.41, 5.74) is 2.26. The SMILES string of the molecule is O=C(O)c1ccc(NC2C(c3ccccc3)N=C3C=CC=CN32)cc1. The fourth-order valence-corrected chi connectivity index (χ4v) is 3.09. The Morgan fingerprint density at radius 1 is 1.04 bits per heavy atom. The number of nitrogens with zero attached hydrogens (tertiary/aromatic N) is 2. The first-order valence-corrected chi connectivity index (χ1v) is 8.08. The Kier molecular flexibility index (Phi) is 3.82. The van der Waals surface area contributed by atoms with Gasteiger partial charge in [-0.3, -0.25) is 4.99 Å². The summed E-state index contributed by atoms with van der Waals surface area (Å²) in [5.74, 6) is -0.0136. The first-order valence-electron chi connectivity index (χ1n) is 8.08. The molecule has 5 heteroatoms.